The SMILES string of the molecule is C[C@H]1CCC2=C(CCC[C@@]2(C)C(=O)O)[C@]1(C)CCc1ccoc1. The van der Waals surface area contributed by atoms with Crippen molar-refractivity contribution >= 4 is 5.97 Å². The number of aryl methyl sites for hydroxylation is 1. The standard InChI is InChI=1S/C20H28O3/c1-14-6-7-17-16(5-4-10-20(17,3)18(21)22)19(14,2)11-8-15-9-12-23-13-15/h9,12-14H,4-8,10-11H2,1-3H3,(H,21,22)/t14-,19+,20+/m0/s1. The topological polar surface area (TPSA) is 50.4 Å². The average Bonchev–Trinajstić information content (AvgIpc) is 3.03. The largest absolute Gasteiger partial charge is 0.481 e. The lowest BCUT2D eigenvalue weighted by atomic mass is 9.55. The van der Waals surface area contributed by atoms with Gasteiger partial charge in [0, 0.05) is 0 Å². The van der Waals surface area contributed by atoms with E-state index in [1.807, 2.05) is 19.3 Å². The van der Waals surface area contributed by atoms with E-state index in [0.717, 1.165) is 44.9 Å². The summed E-state index contributed by atoms with van der Waals surface area (Å²) in [5, 5.41) is 9.81. The zero-order valence-corrected chi connectivity index (χ0v) is 14.5. The Labute approximate surface area is 138 Å². The predicted octanol–water partition coefficient (Wildman–Crippen LogP) is 5.22. The Kier molecular flexibility index (Phi) is 4.16. The van der Waals surface area contributed by atoms with Gasteiger partial charge in [0.05, 0.1) is 17.9 Å². The average molecular weight is 316 g/mol. The first-order valence-corrected chi connectivity index (χ1v) is 8.85. The molecule has 3 atom stereocenters. The highest BCUT2D eigenvalue weighted by molar-refractivity contribution is 5.79. The van der Waals surface area contributed by atoms with E-state index in [9.17, 15) is 9.90 Å². The number of carbonyl (C=O) groups is 1. The molecule has 0 radical (unpaired) electrons. The molecular weight excluding hydrogens is 288 g/mol. The van der Waals surface area contributed by atoms with Gasteiger partial charge in [-0.3, -0.25) is 4.79 Å². The van der Waals surface area contributed by atoms with Crippen molar-refractivity contribution in [3.63, 3.8) is 0 Å². The minimum atomic E-state index is -0.648. The number of furan rings is 1. The zero-order valence-electron chi connectivity index (χ0n) is 14.5. The molecule has 0 amide bonds. The van der Waals surface area contributed by atoms with Gasteiger partial charge in [0.1, 0.15) is 0 Å². The number of hydrogen-bond acceptors (Lipinski definition) is 2. The van der Waals surface area contributed by atoms with E-state index in [0.29, 0.717) is 5.92 Å². The molecule has 0 saturated carbocycles. The van der Waals surface area contributed by atoms with Gasteiger partial charge in [0.15, 0.2) is 0 Å². The third kappa shape index (κ3) is 2.64. The van der Waals surface area contributed by atoms with E-state index in [2.05, 4.69) is 13.8 Å². The number of aliphatic carboxylic acids is 1. The summed E-state index contributed by atoms with van der Waals surface area (Å²) >= 11 is 0. The molecule has 0 aliphatic heterocycles. The first-order valence-electron chi connectivity index (χ1n) is 8.85. The lowest BCUT2D eigenvalue weighted by Crippen LogP contribution is -2.41. The zero-order chi connectivity index (χ0) is 16.7. The molecule has 0 fully saturated rings. The molecular formula is C20H28O3. The van der Waals surface area contributed by atoms with Gasteiger partial charge >= 0.3 is 5.97 Å². The Bertz CT molecular complexity index is 613. The predicted molar refractivity (Wildman–Crippen MR) is 90.2 cm³/mol. The van der Waals surface area contributed by atoms with Crippen LogP contribution in [-0.4, -0.2) is 11.1 Å². The van der Waals surface area contributed by atoms with Crippen molar-refractivity contribution in [1.29, 1.82) is 0 Å². The lowest BCUT2D eigenvalue weighted by molar-refractivity contribution is -0.146. The number of carboxylic acids is 1. The van der Waals surface area contributed by atoms with Crippen molar-refractivity contribution in [3.8, 4) is 0 Å². The minimum absolute atomic E-state index is 0.113. The van der Waals surface area contributed by atoms with Crippen LogP contribution in [-0.2, 0) is 11.2 Å². The first-order chi connectivity index (χ1) is 10.9. The summed E-state index contributed by atoms with van der Waals surface area (Å²) in [5.41, 5.74) is 3.40. The van der Waals surface area contributed by atoms with Crippen LogP contribution in [0.25, 0.3) is 0 Å². The molecule has 2 aliphatic rings. The normalized spacial score (nSPS) is 34.3. The third-order valence-electron chi connectivity index (χ3n) is 6.72. The van der Waals surface area contributed by atoms with E-state index in [-0.39, 0.29) is 5.41 Å². The quantitative estimate of drug-likeness (QED) is 0.775. The Hall–Kier alpha value is -1.51. The van der Waals surface area contributed by atoms with Gasteiger partial charge in [-0.25, -0.2) is 0 Å². The van der Waals surface area contributed by atoms with Crippen LogP contribution in [0.3, 0.4) is 0 Å². The van der Waals surface area contributed by atoms with E-state index < -0.39 is 11.4 Å². The molecule has 126 valence electrons. The molecule has 0 spiro atoms. The van der Waals surface area contributed by atoms with E-state index >= 15 is 0 Å². The van der Waals surface area contributed by atoms with Crippen LogP contribution < -0.4 is 0 Å². The smallest absolute Gasteiger partial charge is 0.313 e. The van der Waals surface area contributed by atoms with E-state index in [1.54, 1.807) is 6.26 Å². The number of hydrogen-bond donors (Lipinski definition) is 1. The molecule has 3 heteroatoms. The van der Waals surface area contributed by atoms with Gasteiger partial charge < -0.3 is 9.52 Å². The maximum atomic E-state index is 11.9. The molecule has 0 unspecified atom stereocenters. The first kappa shape index (κ1) is 16.4. The number of carboxylic acid groups (broad SMARTS) is 1. The van der Waals surface area contributed by atoms with E-state index in [4.69, 9.17) is 4.42 Å². The summed E-state index contributed by atoms with van der Waals surface area (Å²) in [6.07, 6.45) is 10.5. The molecule has 23 heavy (non-hydrogen) atoms. The Morgan fingerprint density at radius 2 is 2.13 bits per heavy atom. The molecule has 2 aliphatic carbocycles. The van der Waals surface area contributed by atoms with Crippen molar-refractivity contribution in [2.24, 2.45) is 16.7 Å². The van der Waals surface area contributed by atoms with Crippen LogP contribution in [0.15, 0.2) is 34.2 Å². The van der Waals surface area contributed by atoms with Crippen molar-refractivity contribution in [2.45, 2.75) is 65.7 Å². The van der Waals surface area contributed by atoms with Crippen molar-refractivity contribution in [1.82, 2.24) is 0 Å². The van der Waals surface area contributed by atoms with Gasteiger partial charge in [0.2, 0.25) is 0 Å². The van der Waals surface area contributed by atoms with Crippen LogP contribution in [0.4, 0.5) is 0 Å². The Morgan fingerprint density at radius 3 is 2.78 bits per heavy atom. The molecule has 1 aromatic rings. The van der Waals surface area contributed by atoms with Crippen molar-refractivity contribution in [3.05, 3.63) is 35.3 Å². The van der Waals surface area contributed by atoms with Crippen LogP contribution in [0.2, 0.25) is 0 Å². The Balaban J connectivity index is 1.95. The number of allylic oxidation sites excluding steroid dienone is 1. The minimum Gasteiger partial charge on any atom is -0.481 e. The van der Waals surface area contributed by atoms with Crippen molar-refractivity contribution in [2.75, 3.05) is 0 Å². The molecule has 1 heterocycles. The van der Waals surface area contributed by atoms with Gasteiger partial charge in [0.25, 0.3) is 0 Å². The maximum Gasteiger partial charge on any atom is 0.313 e. The van der Waals surface area contributed by atoms with Crippen LogP contribution in [0, 0.1) is 16.7 Å². The van der Waals surface area contributed by atoms with Gasteiger partial charge in [-0.15, -0.1) is 0 Å². The van der Waals surface area contributed by atoms with Gasteiger partial charge in [-0.05, 0) is 74.8 Å². The molecule has 0 saturated heterocycles. The summed E-state index contributed by atoms with van der Waals surface area (Å²) in [6, 6.07) is 2.04. The van der Waals surface area contributed by atoms with Gasteiger partial charge in [-0.1, -0.05) is 25.0 Å². The summed E-state index contributed by atoms with van der Waals surface area (Å²) in [6.45, 7) is 6.64. The summed E-state index contributed by atoms with van der Waals surface area (Å²) in [7, 11) is 0. The molecule has 3 nitrogen and oxygen atoms in total. The molecule has 3 rings (SSSR count). The summed E-state index contributed by atoms with van der Waals surface area (Å²) < 4.78 is 5.20. The second-order valence-corrected chi connectivity index (χ2v) is 7.94. The maximum absolute atomic E-state index is 11.9. The fourth-order valence-electron chi connectivity index (χ4n) is 4.76. The highest BCUT2D eigenvalue weighted by Crippen LogP contribution is 2.56. The molecule has 0 bridgehead atoms. The van der Waals surface area contributed by atoms with Crippen molar-refractivity contribution < 1.29 is 14.3 Å². The fraction of sp³-hybridized carbons (Fsp3) is 0.650. The second-order valence-electron chi connectivity index (χ2n) is 7.94. The third-order valence-corrected chi connectivity index (χ3v) is 6.72. The van der Waals surface area contributed by atoms with Crippen LogP contribution >= 0.6 is 0 Å². The molecule has 0 aromatic carbocycles. The lowest BCUT2D eigenvalue weighted by Gasteiger charge is -2.49. The molecule has 1 aromatic heterocycles. The van der Waals surface area contributed by atoms with Gasteiger partial charge in [-0.2, -0.15) is 0 Å². The second kappa shape index (κ2) is 5.85. The Morgan fingerprint density at radius 1 is 1.35 bits per heavy atom. The summed E-state index contributed by atoms with van der Waals surface area (Å²) in [4.78, 5) is 11.9. The summed E-state index contributed by atoms with van der Waals surface area (Å²) in [5.74, 6) is -0.0410. The molecule has 1 N–H and O–H groups in total. The highest BCUT2D eigenvalue weighted by atomic mass is 16.4. The fourth-order valence-corrected chi connectivity index (χ4v) is 4.76. The van der Waals surface area contributed by atoms with E-state index in [1.165, 1.54) is 16.7 Å². The van der Waals surface area contributed by atoms with Crippen LogP contribution in [0.5, 0.6) is 0 Å². The number of rotatable bonds is 4. The highest BCUT2D eigenvalue weighted by Gasteiger charge is 2.48. The monoisotopic (exact) mass is 316 g/mol. The van der Waals surface area contributed by atoms with Crippen LogP contribution in [0.1, 0.15) is 64.9 Å².